The van der Waals surface area contributed by atoms with E-state index in [-0.39, 0.29) is 0 Å². The lowest BCUT2D eigenvalue weighted by Crippen LogP contribution is -2.25. The lowest BCUT2D eigenvalue weighted by atomic mass is 9.83. The average Bonchev–Trinajstić information content (AvgIpc) is 2.45. The van der Waals surface area contributed by atoms with Crippen LogP contribution in [0.1, 0.15) is 36.8 Å². The first-order valence-electron chi connectivity index (χ1n) is 7.07. The first-order valence-corrected chi connectivity index (χ1v) is 7.07. The van der Waals surface area contributed by atoms with E-state index in [4.69, 9.17) is 0 Å². The van der Waals surface area contributed by atoms with Crippen LogP contribution in [0.2, 0.25) is 0 Å². The summed E-state index contributed by atoms with van der Waals surface area (Å²) in [7, 11) is 0. The van der Waals surface area contributed by atoms with Gasteiger partial charge in [0.2, 0.25) is 0 Å². The molecule has 0 fully saturated rings. The molecule has 3 rings (SSSR count). The second-order valence-electron chi connectivity index (χ2n) is 5.46. The molecule has 0 saturated heterocycles. The maximum Gasteiger partial charge on any atom is 0.0377 e. The summed E-state index contributed by atoms with van der Waals surface area (Å²) in [4.78, 5) is 4.08. The SMILES string of the molecule is CC1CC(CCc2ccncc2)c2ccccc2N1. The van der Waals surface area contributed by atoms with E-state index < -0.39 is 0 Å². The topological polar surface area (TPSA) is 24.9 Å². The van der Waals surface area contributed by atoms with E-state index >= 15 is 0 Å². The third-order valence-corrected chi connectivity index (χ3v) is 3.97. The minimum absolute atomic E-state index is 0.567. The Morgan fingerprint density at radius 3 is 2.79 bits per heavy atom. The van der Waals surface area contributed by atoms with Crippen LogP contribution in [0.15, 0.2) is 48.8 Å². The standard InChI is InChI=1S/C17H20N2/c1-13-12-15(7-6-14-8-10-18-11-9-14)16-4-2-3-5-17(16)19-13/h2-5,8-11,13,15,19H,6-7,12H2,1H3. The third kappa shape index (κ3) is 2.78. The number of fused-ring (bicyclic) bond motifs is 1. The van der Waals surface area contributed by atoms with Crippen LogP contribution < -0.4 is 5.32 Å². The number of para-hydroxylation sites is 1. The molecule has 2 nitrogen and oxygen atoms in total. The van der Waals surface area contributed by atoms with Crippen molar-refractivity contribution in [1.82, 2.24) is 4.98 Å². The van der Waals surface area contributed by atoms with Crippen molar-refractivity contribution in [2.24, 2.45) is 0 Å². The fraction of sp³-hybridized carbons (Fsp3) is 0.353. The Hall–Kier alpha value is -1.83. The molecular formula is C17H20N2. The molecule has 2 unspecified atom stereocenters. The van der Waals surface area contributed by atoms with Crippen LogP contribution in [-0.4, -0.2) is 11.0 Å². The summed E-state index contributed by atoms with van der Waals surface area (Å²) in [6.45, 7) is 2.27. The largest absolute Gasteiger partial charge is 0.382 e. The normalized spacial score (nSPS) is 21.5. The van der Waals surface area contributed by atoms with E-state index in [1.807, 2.05) is 12.4 Å². The summed E-state index contributed by atoms with van der Waals surface area (Å²) in [5.74, 6) is 0.667. The van der Waals surface area contributed by atoms with Crippen LogP contribution in [0, 0.1) is 0 Å². The second-order valence-corrected chi connectivity index (χ2v) is 5.46. The highest BCUT2D eigenvalue weighted by Gasteiger charge is 2.23. The molecule has 1 aliphatic rings. The highest BCUT2D eigenvalue weighted by Crippen LogP contribution is 2.36. The summed E-state index contributed by atoms with van der Waals surface area (Å²) in [5.41, 5.74) is 4.19. The Kier molecular flexibility index (Phi) is 3.49. The fourth-order valence-electron chi connectivity index (χ4n) is 3.03. The molecule has 1 aliphatic heterocycles. The van der Waals surface area contributed by atoms with Crippen molar-refractivity contribution in [3.8, 4) is 0 Å². The fourth-order valence-corrected chi connectivity index (χ4v) is 3.03. The first-order chi connectivity index (χ1) is 9.33. The summed E-state index contributed by atoms with van der Waals surface area (Å²) in [6, 6.07) is 13.5. The van der Waals surface area contributed by atoms with Crippen LogP contribution in [0.3, 0.4) is 0 Å². The Bertz CT molecular complexity index is 536. The van der Waals surface area contributed by atoms with Crippen LogP contribution in [0.4, 0.5) is 5.69 Å². The van der Waals surface area contributed by atoms with E-state index in [1.165, 1.54) is 29.7 Å². The van der Waals surface area contributed by atoms with Crippen molar-refractivity contribution < 1.29 is 0 Å². The van der Waals surface area contributed by atoms with Gasteiger partial charge >= 0.3 is 0 Å². The molecule has 1 aromatic heterocycles. The number of nitrogens with zero attached hydrogens (tertiary/aromatic N) is 1. The van der Waals surface area contributed by atoms with Crippen LogP contribution in [-0.2, 0) is 6.42 Å². The van der Waals surface area contributed by atoms with Crippen molar-refractivity contribution in [3.63, 3.8) is 0 Å². The van der Waals surface area contributed by atoms with Crippen LogP contribution >= 0.6 is 0 Å². The van der Waals surface area contributed by atoms with Gasteiger partial charge in [0.05, 0.1) is 0 Å². The van der Waals surface area contributed by atoms with Gasteiger partial charge in [0, 0.05) is 24.1 Å². The predicted octanol–water partition coefficient (Wildman–Crippen LogP) is 4.00. The number of hydrogen-bond acceptors (Lipinski definition) is 2. The maximum atomic E-state index is 4.08. The van der Waals surface area contributed by atoms with E-state index in [2.05, 4.69) is 53.6 Å². The minimum Gasteiger partial charge on any atom is -0.382 e. The van der Waals surface area contributed by atoms with Gasteiger partial charge in [0.15, 0.2) is 0 Å². The Morgan fingerprint density at radius 1 is 1.16 bits per heavy atom. The van der Waals surface area contributed by atoms with Gasteiger partial charge in [-0.2, -0.15) is 0 Å². The minimum atomic E-state index is 0.567. The van der Waals surface area contributed by atoms with Gasteiger partial charge in [0.25, 0.3) is 0 Å². The van der Waals surface area contributed by atoms with Gasteiger partial charge in [0.1, 0.15) is 0 Å². The molecule has 0 radical (unpaired) electrons. The monoisotopic (exact) mass is 252 g/mol. The molecule has 2 heteroatoms. The summed E-state index contributed by atoms with van der Waals surface area (Å²) < 4.78 is 0. The lowest BCUT2D eigenvalue weighted by molar-refractivity contribution is 0.521. The van der Waals surface area contributed by atoms with Gasteiger partial charge in [-0.05, 0) is 61.4 Å². The van der Waals surface area contributed by atoms with E-state index in [0.29, 0.717) is 12.0 Å². The number of pyridine rings is 1. The van der Waals surface area contributed by atoms with Crippen molar-refractivity contribution in [2.45, 2.75) is 38.1 Å². The second kappa shape index (κ2) is 5.43. The first kappa shape index (κ1) is 12.2. The quantitative estimate of drug-likeness (QED) is 0.893. The number of hydrogen-bond donors (Lipinski definition) is 1. The molecule has 98 valence electrons. The average molecular weight is 252 g/mol. The number of aromatic nitrogens is 1. The molecule has 0 bridgehead atoms. The van der Waals surface area contributed by atoms with Crippen LogP contribution in [0.5, 0.6) is 0 Å². The molecule has 0 aliphatic carbocycles. The van der Waals surface area contributed by atoms with Crippen molar-refractivity contribution in [2.75, 3.05) is 5.32 Å². The number of anilines is 1. The van der Waals surface area contributed by atoms with Gasteiger partial charge in [-0.1, -0.05) is 18.2 Å². The number of rotatable bonds is 3. The zero-order valence-corrected chi connectivity index (χ0v) is 11.3. The molecule has 0 saturated carbocycles. The van der Waals surface area contributed by atoms with Gasteiger partial charge in [-0.3, -0.25) is 4.98 Å². The lowest BCUT2D eigenvalue weighted by Gasteiger charge is -2.31. The van der Waals surface area contributed by atoms with Gasteiger partial charge < -0.3 is 5.32 Å². The number of nitrogens with one attached hydrogen (secondary N) is 1. The highest BCUT2D eigenvalue weighted by atomic mass is 14.9. The van der Waals surface area contributed by atoms with E-state index in [0.717, 1.165) is 6.42 Å². The maximum absolute atomic E-state index is 4.08. The highest BCUT2D eigenvalue weighted by molar-refractivity contribution is 5.55. The van der Waals surface area contributed by atoms with E-state index in [1.54, 1.807) is 0 Å². The molecule has 0 spiro atoms. The van der Waals surface area contributed by atoms with Crippen molar-refractivity contribution in [3.05, 3.63) is 59.9 Å². The zero-order chi connectivity index (χ0) is 13.1. The Labute approximate surface area is 114 Å². The number of benzene rings is 1. The summed E-state index contributed by atoms with van der Waals surface area (Å²) >= 11 is 0. The predicted molar refractivity (Wildman–Crippen MR) is 79.4 cm³/mol. The Morgan fingerprint density at radius 2 is 1.95 bits per heavy atom. The zero-order valence-electron chi connectivity index (χ0n) is 11.3. The van der Waals surface area contributed by atoms with Gasteiger partial charge in [-0.15, -0.1) is 0 Å². The molecule has 2 atom stereocenters. The smallest absolute Gasteiger partial charge is 0.0377 e. The molecule has 2 aromatic rings. The Balaban J connectivity index is 1.74. The summed E-state index contributed by atoms with van der Waals surface area (Å²) in [5, 5.41) is 3.58. The summed E-state index contributed by atoms with van der Waals surface area (Å²) in [6.07, 6.45) is 7.34. The third-order valence-electron chi connectivity index (χ3n) is 3.97. The molecular weight excluding hydrogens is 232 g/mol. The molecule has 2 heterocycles. The van der Waals surface area contributed by atoms with Crippen molar-refractivity contribution >= 4 is 5.69 Å². The number of aryl methyl sites for hydroxylation is 1. The van der Waals surface area contributed by atoms with Crippen molar-refractivity contribution in [1.29, 1.82) is 0 Å². The van der Waals surface area contributed by atoms with Crippen LogP contribution in [0.25, 0.3) is 0 Å². The molecule has 0 amide bonds. The molecule has 1 N–H and O–H groups in total. The molecule has 1 aromatic carbocycles. The van der Waals surface area contributed by atoms with E-state index in [9.17, 15) is 0 Å². The molecule has 19 heavy (non-hydrogen) atoms. The van der Waals surface area contributed by atoms with Gasteiger partial charge in [-0.25, -0.2) is 0 Å².